The van der Waals surface area contributed by atoms with Crippen molar-refractivity contribution < 1.29 is 14.3 Å². The van der Waals surface area contributed by atoms with E-state index in [1.807, 2.05) is 66.7 Å². The maximum atomic E-state index is 12.6. The van der Waals surface area contributed by atoms with E-state index in [0.29, 0.717) is 17.9 Å². The number of hydrogen-bond acceptors (Lipinski definition) is 4. The third-order valence-corrected chi connectivity index (χ3v) is 6.73. The Kier molecular flexibility index (Phi) is 7.86. The molecule has 5 heteroatoms. The number of rotatable bonds is 10. The Morgan fingerprint density at radius 3 is 2.11 bits per heavy atom. The summed E-state index contributed by atoms with van der Waals surface area (Å²) in [5.74, 6) is 0.998. The van der Waals surface area contributed by atoms with Crippen molar-refractivity contribution in [1.29, 1.82) is 0 Å². The quantitative estimate of drug-likeness (QED) is 0.149. The average Bonchev–Trinajstić information content (AvgIpc) is 3.35. The molecule has 5 nitrogen and oxygen atoms in total. The summed E-state index contributed by atoms with van der Waals surface area (Å²) in [7, 11) is 0. The lowest BCUT2D eigenvalue weighted by atomic mass is 10.1. The number of carbonyl (C=O) groups excluding carboxylic acids is 1. The Labute approximate surface area is 223 Å². The van der Waals surface area contributed by atoms with Crippen LogP contribution >= 0.6 is 0 Å². The van der Waals surface area contributed by atoms with Crippen LogP contribution in [-0.2, 0) is 0 Å². The van der Waals surface area contributed by atoms with Crippen LogP contribution in [0.5, 0.6) is 11.5 Å². The molecular formula is C33H32N2O3. The largest absolute Gasteiger partial charge is 0.492 e. The van der Waals surface area contributed by atoms with Gasteiger partial charge in [0.05, 0.1) is 16.8 Å². The van der Waals surface area contributed by atoms with Crippen LogP contribution in [-0.4, -0.2) is 41.7 Å². The summed E-state index contributed by atoms with van der Waals surface area (Å²) in [5.41, 5.74) is 4.74. The van der Waals surface area contributed by atoms with E-state index < -0.39 is 0 Å². The minimum Gasteiger partial charge on any atom is -0.492 e. The number of ether oxygens (including phenoxy) is 2. The van der Waals surface area contributed by atoms with Gasteiger partial charge in [-0.3, -0.25) is 0 Å². The zero-order valence-electron chi connectivity index (χ0n) is 21.8. The van der Waals surface area contributed by atoms with Crippen LogP contribution in [0.4, 0.5) is 0 Å². The lowest BCUT2D eigenvalue weighted by molar-refractivity contribution is 0.0735. The molecule has 0 atom stereocenters. The first kappa shape index (κ1) is 25.3. The lowest BCUT2D eigenvalue weighted by Crippen LogP contribution is -2.27. The Hall–Kier alpha value is -4.35. The van der Waals surface area contributed by atoms with Gasteiger partial charge in [-0.05, 0) is 79.3 Å². The number of likely N-dealkylation sites (N-methyl/N-ethyl adjacent to an activating group) is 1. The number of benzene rings is 4. The molecule has 1 aromatic heterocycles. The van der Waals surface area contributed by atoms with Crippen LogP contribution < -0.4 is 9.47 Å². The van der Waals surface area contributed by atoms with Crippen LogP contribution in [0.3, 0.4) is 0 Å². The highest BCUT2D eigenvalue weighted by Gasteiger charge is 2.15. The maximum Gasteiger partial charge on any atom is 0.343 e. The van der Waals surface area contributed by atoms with Crippen molar-refractivity contribution in [2.24, 2.45) is 0 Å². The monoisotopic (exact) mass is 504 g/mol. The van der Waals surface area contributed by atoms with Gasteiger partial charge in [-0.25, -0.2) is 4.79 Å². The van der Waals surface area contributed by atoms with E-state index >= 15 is 0 Å². The molecule has 0 spiro atoms. The molecule has 5 rings (SSSR count). The summed E-state index contributed by atoms with van der Waals surface area (Å²) in [5, 5.41) is 0.988. The van der Waals surface area contributed by atoms with Crippen molar-refractivity contribution in [3.8, 4) is 28.4 Å². The minimum absolute atomic E-state index is 0.371. The lowest BCUT2D eigenvalue weighted by Gasteiger charge is -2.18. The molecule has 0 N–H and O–H groups in total. The fraction of sp³-hybridized carbons (Fsp3) is 0.182. The van der Waals surface area contributed by atoms with Gasteiger partial charge in [0.1, 0.15) is 18.1 Å². The van der Waals surface area contributed by atoms with E-state index in [0.717, 1.165) is 53.2 Å². The molecule has 1 heterocycles. The van der Waals surface area contributed by atoms with Gasteiger partial charge in [0.25, 0.3) is 0 Å². The number of esters is 1. The summed E-state index contributed by atoms with van der Waals surface area (Å²) in [6.07, 6.45) is 0. The zero-order chi connectivity index (χ0) is 26.3. The molecule has 5 aromatic rings. The van der Waals surface area contributed by atoms with Gasteiger partial charge in [0.2, 0.25) is 0 Å². The SMILES string of the molecule is CCN(CC)CCOc1ccc(-n2c(-c3ccccc3)cc3cc(OC(=O)c4ccccc4)ccc32)cc1. The van der Waals surface area contributed by atoms with Crippen molar-refractivity contribution in [2.75, 3.05) is 26.2 Å². The van der Waals surface area contributed by atoms with Gasteiger partial charge >= 0.3 is 5.97 Å². The van der Waals surface area contributed by atoms with Crippen LogP contribution in [0, 0.1) is 0 Å². The second-order valence-electron chi connectivity index (χ2n) is 9.08. The van der Waals surface area contributed by atoms with Crippen LogP contribution in [0.2, 0.25) is 0 Å². The van der Waals surface area contributed by atoms with E-state index in [1.54, 1.807) is 12.1 Å². The Morgan fingerprint density at radius 1 is 0.763 bits per heavy atom. The second-order valence-corrected chi connectivity index (χ2v) is 9.08. The third-order valence-electron chi connectivity index (χ3n) is 6.73. The molecule has 0 saturated carbocycles. The summed E-state index contributed by atoms with van der Waals surface area (Å²) < 4.78 is 13.9. The predicted molar refractivity (Wildman–Crippen MR) is 153 cm³/mol. The molecule has 4 aromatic carbocycles. The van der Waals surface area contributed by atoms with Crippen molar-refractivity contribution in [2.45, 2.75) is 13.8 Å². The molecule has 0 fully saturated rings. The highest BCUT2D eigenvalue weighted by Crippen LogP contribution is 2.34. The molecule has 0 aliphatic heterocycles. The molecule has 192 valence electrons. The number of carbonyl (C=O) groups is 1. The predicted octanol–water partition coefficient (Wildman–Crippen LogP) is 7.24. The van der Waals surface area contributed by atoms with Crippen LogP contribution in [0.1, 0.15) is 24.2 Å². The van der Waals surface area contributed by atoms with E-state index in [4.69, 9.17) is 9.47 Å². The zero-order valence-corrected chi connectivity index (χ0v) is 21.8. The first-order chi connectivity index (χ1) is 18.7. The van der Waals surface area contributed by atoms with Gasteiger partial charge in [0.15, 0.2) is 0 Å². The Balaban J connectivity index is 1.45. The summed E-state index contributed by atoms with van der Waals surface area (Å²) in [6.45, 7) is 7.95. The van der Waals surface area contributed by atoms with Gasteiger partial charge in [-0.1, -0.05) is 62.4 Å². The first-order valence-electron chi connectivity index (χ1n) is 13.1. The molecule has 0 radical (unpaired) electrons. The summed E-state index contributed by atoms with van der Waals surface area (Å²) in [4.78, 5) is 14.9. The summed E-state index contributed by atoms with van der Waals surface area (Å²) >= 11 is 0. The van der Waals surface area contributed by atoms with Crippen LogP contribution in [0.25, 0.3) is 27.8 Å². The van der Waals surface area contributed by atoms with Crippen LogP contribution in [0.15, 0.2) is 109 Å². The first-order valence-corrected chi connectivity index (χ1v) is 13.1. The van der Waals surface area contributed by atoms with E-state index in [1.165, 1.54) is 0 Å². The highest BCUT2D eigenvalue weighted by molar-refractivity contribution is 5.93. The Morgan fingerprint density at radius 2 is 1.42 bits per heavy atom. The third kappa shape index (κ3) is 5.63. The number of aromatic nitrogens is 1. The molecule has 0 saturated heterocycles. The van der Waals surface area contributed by atoms with Crippen molar-refractivity contribution in [3.05, 3.63) is 115 Å². The van der Waals surface area contributed by atoms with E-state index in [2.05, 4.69) is 53.6 Å². The summed E-state index contributed by atoms with van der Waals surface area (Å²) in [6, 6.07) is 35.5. The molecule has 0 bridgehead atoms. The second kappa shape index (κ2) is 11.8. The van der Waals surface area contributed by atoms with Crippen molar-refractivity contribution in [1.82, 2.24) is 9.47 Å². The molecular weight excluding hydrogens is 472 g/mol. The normalized spacial score (nSPS) is 11.1. The molecule has 0 unspecified atom stereocenters. The maximum absolute atomic E-state index is 12.6. The topological polar surface area (TPSA) is 43.7 Å². The fourth-order valence-corrected chi connectivity index (χ4v) is 4.62. The Bertz CT molecular complexity index is 1490. The average molecular weight is 505 g/mol. The van der Waals surface area contributed by atoms with E-state index in [-0.39, 0.29) is 5.97 Å². The smallest absolute Gasteiger partial charge is 0.343 e. The fourth-order valence-electron chi connectivity index (χ4n) is 4.62. The molecule has 0 aliphatic carbocycles. The van der Waals surface area contributed by atoms with Gasteiger partial charge in [-0.2, -0.15) is 0 Å². The molecule has 38 heavy (non-hydrogen) atoms. The van der Waals surface area contributed by atoms with Gasteiger partial charge < -0.3 is 18.9 Å². The standard InChI is InChI=1S/C33H32N2O3/c1-3-34(4-2)21-22-37-29-17-15-28(16-18-29)35-31-20-19-30(38-33(36)26-13-9-6-10-14-26)23-27(31)24-32(35)25-11-7-5-8-12-25/h5-20,23-24H,3-4,21-22H2,1-2H3. The number of nitrogens with zero attached hydrogens (tertiary/aromatic N) is 2. The van der Waals surface area contributed by atoms with Gasteiger partial charge in [-0.15, -0.1) is 0 Å². The van der Waals surface area contributed by atoms with E-state index in [9.17, 15) is 4.79 Å². The minimum atomic E-state index is -0.371. The number of hydrogen-bond donors (Lipinski definition) is 0. The molecule has 0 aliphatic rings. The molecule has 0 amide bonds. The van der Waals surface area contributed by atoms with Gasteiger partial charge in [0, 0.05) is 17.6 Å². The van der Waals surface area contributed by atoms with Crippen molar-refractivity contribution >= 4 is 16.9 Å². The highest BCUT2D eigenvalue weighted by atomic mass is 16.5. The number of fused-ring (bicyclic) bond motifs is 1. The van der Waals surface area contributed by atoms with Crippen molar-refractivity contribution in [3.63, 3.8) is 0 Å².